The van der Waals surface area contributed by atoms with E-state index in [0.717, 1.165) is 6.07 Å². The Kier molecular flexibility index (Phi) is 4.50. The minimum Gasteiger partial charge on any atom is -0.508 e. The highest BCUT2D eigenvalue weighted by Gasteiger charge is 2.11. The lowest BCUT2D eigenvalue weighted by Crippen LogP contribution is -2.42. The number of carbonyl (C=O) groups is 2. The van der Waals surface area contributed by atoms with Gasteiger partial charge in [-0.05, 0) is 29.8 Å². The van der Waals surface area contributed by atoms with Crippen molar-refractivity contribution in [3.05, 3.63) is 65.5 Å². The predicted octanol–water partition coefficient (Wildman–Crippen LogP) is 1.53. The summed E-state index contributed by atoms with van der Waals surface area (Å²) >= 11 is 0. The van der Waals surface area contributed by atoms with Gasteiger partial charge in [0.25, 0.3) is 5.91 Å². The zero-order chi connectivity index (χ0) is 15.2. The minimum atomic E-state index is -0.739. The van der Waals surface area contributed by atoms with Gasteiger partial charge in [-0.25, -0.2) is 4.39 Å². The van der Waals surface area contributed by atoms with Crippen LogP contribution in [0.4, 0.5) is 4.39 Å². The fraction of sp³-hybridized carbons (Fsp3) is 0.0667. The van der Waals surface area contributed by atoms with E-state index in [1.54, 1.807) is 12.1 Å². The molecule has 2 rings (SSSR count). The molecule has 0 saturated carbocycles. The van der Waals surface area contributed by atoms with Crippen molar-refractivity contribution >= 4 is 11.8 Å². The van der Waals surface area contributed by atoms with Crippen LogP contribution < -0.4 is 10.9 Å². The molecule has 0 atom stereocenters. The number of hydrazine groups is 1. The molecule has 0 fully saturated rings. The third kappa shape index (κ3) is 4.04. The van der Waals surface area contributed by atoms with E-state index in [4.69, 9.17) is 0 Å². The molecule has 0 spiro atoms. The van der Waals surface area contributed by atoms with Crippen molar-refractivity contribution in [2.75, 3.05) is 0 Å². The summed E-state index contributed by atoms with van der Waals surface area (Å²) < 4.78 is 13.4. The van der Waals surface area contributed by atoms with Crippen LogP contribution in [0.25, 0.3) is 0 Å². The van der Waals surface area contributed by atoms with Crippen LogP contribution in [0.1, 0.15) is 15.9 Å². The lowest BCUT2D eigenvalue weighted by atomic mass is 10.1. The molecule has 5 nitrogen and oxygen atoms in total. The number of halogens is 1. The van der Waals surface area contributed by atoms with Gasteiger partial charge < -0.3 is 5.11 Å². The van der Waals surface area contributed by atoms with E-state index in [1.165, 1.54) is 30.3 Å². The number of carbonyl (C=O) groups excluding carboxylic acids is 2. The third-order valence-electron chi connectivity index (χ3n) is 2.71. The summed E-state index contributed by atoms with van der Waals surface area (Å²) in [5.74, 6) is -1.84. The molecular weight excluding hydrogens is 275 g/mol. The molecule has 0 aliphatic carbocycles. The molecule has 0 aliphatic rings. The Morgan fingerprint density at radius 2 is 1.81 bits per heavy atom. The van der Waals surface area contributed by atoms with Crippen LogP contribution in [-0.4, -0.2) is 16.9 Å². The zero-order valence-electron chi connectivity index (χ0n) is 11.0. The van der Waals surface area contributed by atoms with Gasteiger partial charge in [-0.1, -0.05) is 24.3 Å². The first-order valence-corrected chi connectivity index (χ1v) is 6.18. The number of rotatable bonds is 3. The quantitative estimate of drug-likeness (QED) is 0.750. The Hall–Kier alpha value is -2.89. The van der Waals surface area contributed by atoms with Crippen molar-refractivity contribution < 1.29 is 19.1 Å². The molecule has 0 aromatic heterocycles. The van der Waals surface area contributed by atoms with Gasteiger partial charge in [0.1, 0.15) is 11.6 Å². The Bertz CT molecular complexity index is 673. The number of hydrogen-bond acceptors (Lipinski definition) is 3. The minimum absolute atomic E-state index is 0.0219. The normalized spacial score (nSPS) is 9.95. The van der Waals surface area contributed by atoms with E-state index in [-0.39, 0.29) is 17.7 Å². The number of benzene rings is 2. The Morgan fingerprint density at radius 3 is 2.52 bits per heavy atom. The van der Waals surface area contributed by atoms with E-state index >= 15 is 0 Å². The first-order chi connectivity index (χ1) is 10.1. The first kappa shape index (κ1) is 14.5. The maximum Gasteiger partial charge on any atom is 0.272 e. The van der Waals surface area contributed by atoms with E-state index in [9.17, 15) is 19.1 Å². The second kappa shape index (κ2) is 6.51. The van der Waals surface area contributed by atoms with Gasteiger partial charge >= 0.3 is 0 Å². The zero-order valence-corrected chi connectivity index (χ0v) is 11.0. The summed E-state index contributed by atoms with van der Waals surface area (Å²) in [6.07, 6.45) is -0.0219. The van der Waals surface area contributed by atoms with Crippen molar-refractivity contribution in [2.45, 2.75) is 6.42 Å². The molecule has 0 radical (unpaired) electrons. The van der Waals surface area contributed by atoms with Crippen molar-refractivity contribution in [3.8, 4) is 5.75 Å². The maximum absolute atomic E-state index is 13.4. The highest BCUT2D eigenvalue weighted by molar-refractivity contribution is 5.95. The largest absolute Gasteiger partial charge is 0.508 e. The van der Waals surface area contributed by atoms with Gasteiger partial charge in [-0.15, -0.1) is 0 Å². The lowest BCUT2D eigenvalue weighted by molar-refractivity contribution is -0.121. The molecule has 3 N–H and O–H groups in total. The highest BCUT2D eigenvalue weighted by Crippen LogP contribution is 2.11. The predicted molar refractivity (Wildman–Crippen MR) is 73.8 cm³/mol. The van der Waals surface area contributed by atoms with Crippen LogP contribution in [0.15, 0.2) is 48.5 Å². The molecule has 0 unspecified atom stereocenters. The molecule has 2 aromatic carbocycles. The van der Waals surface area contributed by atoms with Crippen LogP contribution in [0, 0.1) is 5.82 Å². The Balaban J connectivity index is 1.90. The van der Waals surface area contributed by atoms with E-state index in [0.29, 0.717) is 5.56 Å². The van der Waals surface area contributed by atoms with E-state index < -0.39 is 17.6 Å². The van der Waals surface area contributed by atoms with Crippen LogP contribution in [0.3, 0.4) is 0 Å². The van der Waals surface area contributed by atoms with Gasteiger partial charge in [0.05, 0.1) is 12.0 Å². The number of nitrogens with one attached hydrogen (secondary N) is 2. The fourth-order valence-electron chi connectivity index (χ4n) is 1.74. The standard InChI is InChI=1S/C15H13FN2O3/c16-13-7-2-1-6-12(13)15(21)18-17-14(20)9-10-4-3-5-11(19)8-10/h1-8,19H,9H2,(H,17,20)(H,18,21). The average Bonchev–Trinajstić information content (AvgIpc) is 2.45. The second-order valence-electron chi connectivity index (χ2n) is 4.33. The van der Waals surface area contributed by atoms with Crippen LogP contribution >= 0.6 is 0 Å². The summed E-state index contributed by atoms with van der Waals surface area (Å²) in [7, 11) is 0. The number of phenols is 1. The summed E-state index contributed by atoms with van der Waals surface area (Å²) in [4.78, 5) is 23.3. The molecule has 2 aromatic rings. The molecule has 0 aliphatic heterocycles. The fourth-order valence-corrected chi connectivity index (χ4v) is 1.74. The molecule has 2 amide bonds. The first-order valence-electron chi connectivity index (χ1n) is 6.18. The Labute approximate surface area is 120 Å². The number of amides is 2. The van der Waals surface area contributed by atoms with Crippen molar-refractivity contribution in [2.24, 2.45) is 0 Å². The number of aromatic hydroxyl groups is 1. The smallest absolute Gasteiger partial charge is 0.272 e. The molecule has 6 heteroatoms. The second-order valence-corrected chi connectivity index (χ2v) is 4.33. The average molecular weight is 288 g/mol. The number of phenolic OH excluding ortho intramolecular Hbond substituents is 1. The van der Waals surface area contributed by atoms with Gasteiger partial charge in [0.2, 0.25) is 5.91 Å². The topological polar surface area (TPSA) is 78.4 Å². The molecule has 0 bridgehead atoms. The number of hydrogen-bond donors (Lipinski definition) is 3. The van der Waals surface area contributed by atoms with Crippen molar-refractivity contribution in [1.82, 2.24) is 10.9 Å². The SMILES string of the molecule is O=C(Cc1cccc(O)c1)NNC(=O)c1ccccc1F. The summed E-state index contributed by atoms with van der Waals surface area (Å²) in [6, 6.07) is 11.7. The maximum atomic E-state index is 13.4. The molecule has 0 saturated heterocycles. The van der Waals surface area contributed by atoms with Gasteiger partial charge in [-0.3, -0.25) is 20.4 Å². The molecular formula is C15H13FN2O3. The monoisotopic (exact) mass is 288 g/mol. The van der Waals surface area contributed by atoms with Crippen molar-refractivity contribution in [3.63, 3.8) is 0 Å². The Morgan fingerprint density at radius 1 is 1.05 bits per heavy atom. The van der Waals surface area contributed by atoms with Gasteiger partial charge in [0.15, 0.2) is 0 Å². The van der Waals surface area contributed by atoms with E-state index in [1.807, 2.05) is 0 Å². The highest BCUT2D eigenvalue weighted by atomic mass is 19.1. The third-order valence-corrected chi connectivity index (χ3v) is 2.71. The van der Waals surface area contributed by atoms with Crippen LogP contribution in [-0.2, 0) is 11.2 Å². The molecule has 108 valence electrons. The molecule has 0 heterocycles. The summed E-state index contributed by atoms with van der Waals surface area (Å²) in [5, 5.41) is 9.28. The van der Waals surface area contributed by atoms with E-state index in [2.05, 4.69) is 10.9 Å². The summed E-state index contributed by atoms with van der Waals surface area (Å²) in [6.45, 7) is 0. The van der Waals surface area contributed by atoms with Gasteiger partial charge in [0, 0.05) is 0 Å². The van der Waals surface area contributed by atoms with Crippen molar-refractivity contribution in [1.29, 1.82) is 0 Å². The van der Waals surface area contributed by atoms with Crippen LogP contribution in [0.5, 0.6) is 5.75 Å². The van der Waals surface area contributed by atoms with Gasteiger partial charge in [-0.2, -0.15) is 0 Å². The lowest BCUT2D eigenvalue weighted by Gasteiger charge is -2.08. The molecule has 21 heavy (non-hydrogen) atoms. The summed E-state index contributed by atoms with van der Waals surface area (Å²) in [5.41, 5.74) is 4.76. The van der Waals surface area contributed by atoms with Crippen LogP contribution in [0.2, 0.25) is 0 Å².